The number of rotatable bonds is 3. The van der Waals surface area contributed by atoms with Crippen LogP contribution in [0, 0.1) is 5.92 Å². The van der Waals surface area contributed by atoms with E-state index in [4.69, 9.17) is 10.5 Å². The average Bonchev–Trinajstić information content (AvgIpc) is 2.32. The molecule has 1 aromatic carbocycles. The van der Waals surface area contributed by atoms with Crippen LogP contribution >= 0.6 is 0 Å². The molecule has 0 radical (unpaired) electrons. The van der Waals surface area contributed by atoms with Gasteiger partial charge in [-0.1, -0.05) is 12.1 Å². The summed E-state index contributed by atoms with van der Waals surface area (Å²) >= 11 is 0. The summed E-state index contributed by atoms with van der Waals surface area (Å²) in [5.41, 5.74) is 5.68. The van der Waals surface area contributed by atoms with Crippen molar-refractivity contribution in [2.24, 2.45) is 11.7 Å². The normalized spacial score (nSPS) is 25.3. The lowest BCUT2D eigenvalue weighted by atomic mass is 9.87. The van der Waals surface area contributed by atoms with Crippen molar-refractivity contribution in [2.75, 3.05) is 6.54 Å². The number of phenols is 1. The Morgan fingerprint density at radius 1 is 1.31 bits per heavy atom. The van der Waals surface area contributed by atoms with Crippen molar-refractivity contribution in [1.29, 1.82) is 0 Å². The summed E-state index contributed by atoms with van der Waals surface area (Å²) in [6.45, 7) is 0.737. The highest BCUT2D eigenvalue weighted by Crippen LogP contribution is 2.31. The van der Waals surface area contributed by atoms with Gasteiger partial charge in [-0.15, -0.1) is 0 Å². The molecule has 1 fully saturated rings. The van der Waals surface area contributed by atoms with Crippen LogP contribution in [0.4, 0.5) is 0 Å². The first kappa shape index (κ1) is 11.3. The summed E-state index contributed by atoms with van der Waals surface area (Å²) in [5, 5.41) is 9.61. The van der Waals surface area contributed by atoms with E-state index >= 15 is 0 Å². The number of hydrogen-bond donors (Lipinski definition) is 2. The van der Waals surface area contributed by atoms with E-state index in [1.807, 2.05) is 6.07 Å². The summed E-state index contributed by atoms with van der Waals surface area (Å²) in [7, 11) is 0. The predicted molar refractivity (Wildman–Crippen MR) is 63.5 cm³/mol. The summed E-state index contributed by atoms with van der Waals surface area (Å²) in [4.78, 5) is 0. The molecule has 0 heterocycles. The summed E-state index contributed by atoms with van der Waals surface area (Å²) in [5.74, 6) is 1.38. The summed E-state index contributed by atoms with van der Waals surface area (Å²) in [6.07, 6.45) is 4.64. The fourth-order valence-corrected chi connectivity index (χ4v) is 2.30. The highest BCUT2D eigenvalue weighted by Gasteiger charge is 2.22. The molecule has 2 rings (SSSR count). The minimum Gasteiger partial charge on any atom is -0.504 e. The highest BCUT2D eigenvalue weighted by molar-refractivity contribution is 5.38. The van der Waals surface area contributed by atoms with Crippen molar-refractivity contribution < 1.29 is 9.84 Å². The van der Waals surface area contributed by atoms with Crippen molar-refractivity contribution in [3.05, 3.63) is 24.3 Å². The predicted octanol–water partition coefficient (Wildman–Crippen LogP) is 2.29. The average molecular weight is 221 g/mol. The van der Waals surface area contributed by atoms with Crippen LogP contribution in [-0.2, 0) is 0 Å². The Balaban J connectivity index is 1.97. The van der Waals surface area contributed by atoms with E-state index in [0.717, 1.165) is 19.4 Å². The molecule has 3 nitrogen and oxygen atoms in total. The van der Waals surface area contributed by atoms with Gasteiger partial charge in [-0.2, -0.15) is 0 Å². The molecule has 0 spiro atoms. The molecule has 88 valence electrons. The minimum absolute atomic E-state index is 0.204. The number of hydrogen-bond acceptors (Lipinski definition) is 3. The molecule has 0 saturated heterocycles. The van der Waals surface area contributed by atoms with Crippen molar-refractivity contribution in [1.82, 2.24) is 0 Å². The minimum atomic E-state index is 0.204. The fraction of sp³-hybridized carbons (Fsp3) is 0.538. The molecule has 0 aromatic heterocycles. The van der Waals surface area contributed by atoms with E-state index in [1.165, 1.54) is 12.8 Å². The van der Waals surface area contributed by atoms with Gasteiger partial charge in [-0.25, -0.2) is 0 Å². The van der Waals surface area contributed by atoms with Crippen molar-refractivity contribution >= 4 is 0 Å². The Hall–Kier alpha value is -1.22. The van der Waals surface area contributed by atoms with Crippen LogP contribution in [0.3, 0.4) is 0 Å². The largest absolute Gasteiger partial charge is 0.504 e. The van der Waals surface area contributed by atoms with Crippen LogP contribution in [0.2, 0.25) is 0 Å². The van der Waals surface area contributed by atoms with Crippen molar-refractivity contribution in [3.63, 3.8) is 0 Å². The zero-order valence-electron chi connectivity index (χ0n) is 9.43. The molecule has 0 amide bonds. The summed E-state index contributed by atoms with van der Waals surface area (Å²) in [6, 6.07) is 7.13. The van der Waals surface area contributed by atoms with Gasteiger partial charge in [-0.05, 0) is 50.3 Å². The fourth-order valence-electron chi connectivity index (χ4n) is 2.30. The van der Waals surface area contributed by atoms with E-state index in [1.54, 1.807) is 18.2 Å². The van der Waals surface area contributed by atoms with Gasteiger partial charge in [0.1, 0.15) is 0 Å². The lowest BCUT2D eigenvalue weighted by molar-refractivity contribution is 0.122. The zero-order valence-corrected chi connectivity index (χ0v) is 9.43. The van der Waals surface area contributed by atoms with Crippen LogP contribution in [0.5, 0.6) is 11.5 Å². The van der Waals surface area contributed by atoms with Crippen LogP contribution in [0.15, 0.2) is 24.3 Å². The number of para-hydroxylation sites is 2. The SMILES string of the molecule is NCC1CCCC(Oc2ccccc2O)C1. The Bertz CT molecular complexity index is 340. The maximum absolute atomic E-state index is 9.61. The van der Waals surface area contributed by atoms with Gasteiger partial charge in [0.05, 0.1) is 6.10 Å². The number of nitrogens with two attached hydrogens (primary N) is 1. The molecule has 0 bridgehead atoms. The summed E-state index contributed by atoms with van der Waals surface area (Å²) < 4.78 is 5.81. The maximum Gasteiger partial charge on any atom is 0.161 e. The van der Waals surface area contributed by atoms with Gasteiger partial charge < -0.3 is 15.6 Å². The van der Waals surface area contributed by atoms with Gasteiger partial charge in [0, 0.05) is 0 Å². The lowest BCUT2D eigenvalue weighted by Crippen LogP contribution is -2.29. The number of benzene rings is 1. The van der Waals surface area contributed by atoms with Crippen LogP contribution in [-0.4, -0.2) is 17.8 Å². The van der Waals surface area contributed by atoms with Gasteiger partial charge in [-0.3, -0.25) is 0 Å². The highest BCUT2D eigenvalue weighted by atomic mass is 16.5. The molecule has 3 heteroatoms. The van der Waals surface area contributed by atoms with Gasteiger partial charge in [0.15, 0.2) is 11.5 Å². The molecule has 1 aromatic rings. The standard InChI is InChI=1S/C13H19NO2/c14-9-10-4-3-5-11(8-10)16-13-7-2-1-6-12(13)15/h1-2,6-7,10-11,15H,3-5,8-9,14H2. The smallest absolute Gasteiger partial charge is 0.161 e. The van der Waals surface area contributed by atoms with Crippen molar-refractivity contribution in [3.8, 4) is 11.5 Å². The second-order valence-corrected chi connectivity index (χ2v) is 4.48. The molecule has 1 aliphatic carbocycles. The lowest BCUT2D eigenvalue weighted by Gasteiger charge is -2.28. The Kier molecular flexibility index (Phi) is 3.67. The first-order chi connectivity index (χ1) is 7.79. The van der Waals surface area contributed by atoms with Gasteiger partial charge in [0.25, 0.3) is 0 Å². The third-order valence-electron chi connectivity index (χ3n) is 3.23. The quantitative estimate of drug-likeness (QED) is 0.823. The third-order valence-corrected chi connectivity index (χ3v) is 3.23. The second kappa shape index (κ2) is 5.21. The molecule has 2 unspecified atom stereocenters. The second-order valence-electron chi connectivity index (χ2n) is 4.48. The monoisotopic (exact) mass is 221 g/mol. The van der Waals surface area contributed by atoms with E-state index in [0.29, 0.717) is 11.7 Å². The third kappa shape index (κ3) is 2.67. The zero-order chi connectivity index (χ0) is 11.4. The number of phenolic OH excluding ortho intramolecular Hbond substituents is 1. The molecule has 1 saturated carbocycles. The Morgan fingerprint density at radius 2 is 2.12 bits per heavy atom. The van der Waals surface area contributed by atoms with E-state index in [9.17, 15) is 5.11 Å². The molecule has 0 aliphatic heterocycles. The van der Waals surface area contributed by atoms with Gasteiger partial charge >= 0.3 is 0 Å². The van der Waals surface area contributed by atoms with Gasteiger partial charge in [0.2, 0.25) is 0 Å². The van der Waals surface area contributed by atoms with Crippen molar-refractivity contribution in [2.45, 2.75) is 31.8 Å². The Labute approximate surface area is 96.2 Å². The number of ether oxygens (including phenoxy) is 1. The molecule has 3 N–H and O–H groups in total. The maximum atomic E-state index is 9.61. The van der Waals surface area contributed by atoms with Crippen LogP contribution in [0.1, 0.15) is 25.7 Å². The first-order valence-corrected chi connectivity index (χ1v) is 5.94. The van der Waals surface area contributed by atoms with E-state index in [-0.39, 0.29) is 11.9 Å². The van der Waals surface area contributed by atoms with Crippen LogP contribution < -0.4 is 10.5 Å². The number of aromatic hydroxyl groups is 1. The Morgan fingerprint density at radius 3 is 2.88 bits per heavy atom. The molecule has 2 atom stereocenters. The topological polar surface area (TPSA) is 55.5 Å². The molecular formula is C13H19NO2. The first-order valence-electron chi connectivity index (χ1n) is 5.94. The van der Waals surface area contributed by atoms with E-state index < -0.39 is 0 Å². The molecule has 1 aliphatic rings. The molecule has 16 heavy (non-hydrogen) atoms. The van der Waals surface area contributed by atoms with Crippen LogP contribution in [0.25, 0.3) is 0 Å². The molecular weight excluding hydrogens is 202 g/mol. The van der Waals surface area contributed by atoms with E-state index in [2.05, 4.69) is 0 Å².